The summed E-state index contributed by atoms with van der Waals surface area (Å²) in [6.45, 7) is 1.95. The average Bonchev–Trinajstić information content (AvgIpc) is 3.00. The van der Waals surface area contributed by atoms with E-state index in [1.165, 1.54) is 0 Å². The first kappa shape index (κ1) is 13.1. The molecule has 98 valence electrons. The molecule has 18 heavy (non-hydrogen) atoms. The van der Waals surface area contributed by atoms with Crippen molar-refractivity contribution >= 4 is 21.4 Å². The van der Waals surface area contributed by atoms with E-state index in [2.05, 4.69) is 25.3 Å². The van der Waals surface area contributed by atoms with E-state index in [4.69, 9.17) is 5.73 Å². The Bertz CT molecular complexity index is 605. The average molecular weight is 288 g/mol. The minimum absolute atomic E-state index is 0.221. The third-order valence-electron chi connectivity index (χ3n) is 2.21. The van der Waals surface area contributed by atoms with Crippen LogP contribution in [0.2, 0.25) is 0 Å². The first-order chi connectivity index (χ1) is 8.53. The fraction of sp³-hybridized carbons (Fsp3) is 0.375. The summed E-state index contributed by atoms with van der Waals surface area (Å²) in [4.78, 5) is 0. The summed E-state index contributed by atoms with van der Waals surface area (Å²) in [5.74, 6) is 0.286. The number of nitrogens with two attached hydrogens (primary N) is 1. The van der Waals surface area contributed by atoms with Crippen molar-refractivity contribution in [2.75, 3.05) is 0 Å². The Kier molecular flexibility index (Phi) is 3.71. The molecule has 0 bridgehead atoms. The molecule has 2 heterocycles. The normalized spacial score (nSPS) is 13.7. The lowest BCUT2D eigenvalue weighted by atomic mass is 10.4. The Balaban J connectivity index is 2.17. The standard InChI is InChI=1S/C8H12N6O2S2/c1-5(8-10-13-14-11-8)12-18(15,16)7-2-6(3-9)4-17-7/h2,4-5,12H,3,9H2,1H3,(H,10,11,13,14). The topological polar surface area (TPSA) is 127 Å². The second kappa shape index (κ2) is 5.10. The van der Waals surface area contributed by atoms with Crippen LogP contribution in [0.4, 0.5) is 0 Å². The Morgan fingerprint density at radius 2 is 2.39 bits per heavy atom. The van der Waals surface area contributed by atoms with Gasteiger partial charge in [0.15, 0.2) is 5.82 Å². The van der Waals surface area contributed by atoms with Crippen LogP contribution in [-0.4, -0.2) is 29.0 Å². The first-order valence-corrected chi connectivity index (χ1v) is 7.42. The van der Waals surface area contributed by atoms with E-state index in [9.17, 15) is 8.42 Å². The van der Waals surface area contributed by atoms with E-state index in [1.54, 1.807) is 18.4 Å². The minimum Gasteiger partial charge on any atom is -0.326 e. The first-order valence-electron chi connectivity index (χ1n) is 5.06. The molecule has 0 saturated heterocycles. The number of thiophene rings is 1. The molecule has 0 fully saturated rings. The maximum atomic E-state index is 12.0. The highest BCUT2D eigenvalue weighted by molar-refractivity contribution is 7.91. The molecule has 2 aromatic heterocycles. The van der Waals surface area contributed by atoms with Crippen molar-refractivity contribution in [3.63, 3.8) is 0 Å². The van der Waals surface area contributed by atoms with Crippen LogP contribution in [0.1, 0.15) is 24.4 Å². The van der Waals surface area contributed by atoms with Gasteiger partial charge in [0.25, 0.3) is 10.0 Å². The van der Waals surface area contributed by atoms with E-state index in [0.29, 0.717) is 6.54 Å². The van der Waals surface area contributed by atoms with Crippen LogP contribution >= 0.6 is 11.3 Å². The van der Waals surface area contributed by atoms with Crippen LogP contribution in [0.5, 0.6) is 0 Å². The van der Waals surface area contributed by atoms with E-state index in [-0.39, 0.29) is 10.0 Å². The van der Waals surface area contributed by atoms with E-state index in [1.807, 2.05) is 0 Å². The lowest BCUT2D eigenvalue weighted by molar-refractivity contribution is 0.562. The quantitative estimate of drug-likeness (QED) is 0.697. The highest BCUT2D eigenvalue weighted by Gasteiger charge is 2.22. The Labute approximate surface area is 108 Å². The monoisotopic (exact) mass is 288 g/mol. The number of aromatic amines is 1. The van der Waals surface area contributed by atoms with Gasteiger partial charge < -0.3 is 5.73 Å². The summed E-state index contributed by atoms with van der Waals surface area (Å²) in [5.41, 5.74) is 6.23. The molecule has 0 aliphatic carbocycles. The van der Waals surface area contributed by atoms with Crippen molar-refractivity contribution < 1.29 is 8.42 Å². The molecule has 1 unspecified atom stereocenters. The van der Waals surface area contributed by atoms with Gasteiger partial charge in [-0.05, 0) is 23.9 Å². The number of hydrogen-bond acceptors (Lipinski definition) is 7. The third kappa shape index (κ3) is 2.72. The van der Waals surface area contributed by atoms with Crippen LogP contribution in [0.25, 0.3) is 0 Å². The number of tetrazole rings is 1. The molecule has 0 aliphatic rings. The minimum atomic E-state index is -3.58. The molecule has 0 aliphatic heterocycles. The Hall–Kier alpha value is -1.36. The molecule has 0 saturated carbocycles. The summed E-state index contributed by atoms with van der Waals surface area (Å²) in [7, 11) is -3.58. The summed E-state index contributed by atoms with van der Waals surface area (Å²) in [6.07, 6.45) is 0. The molecule has 4 N–H and O–H groups in total. The van der Waals surface area contributed by atoms with Gasteiger partial charge in [0.2, 0.25) is 0 Å². The van der Waals surface area contributed by atoms with Crippen molar-refractivity contribution in [1.29, 1.82) is 0 Å². The van der Waals surface area contributed by atoms with Gasteiger partial charge >= 0.3 is 0 Å². The van der Waals surface area contributed by atoms with Crippen LogP contribution in [0, 0.1) is 0 Å². The van der Waals surface area contributed by atoms with E-state index in [0.717, 1.165) is 16.9 Å². The number of nitrogens with one attached hydrogen (secondary N) is 2. The third-order valence-corrected chi connectivity index (χ3v) is 5.24. The number of hydrogen-bond donors (Lipinski definition) is 3. The number of H-pyrrole nitrogens is 1. The van der Waals surface area contributed by atoms with Crippen molar-refractivity contribution in [3.05, 3.63) is 22.8 Å². The zero-order chi connectivity index (χ0) is 13.2. The zero-order valence-electron chi connectivity index (χ0n) is 9.49. The molecule has 0 amide bonds. The Morgan fingerprint density at radius 1 is 1.61 bits per heavy atom. The SMILES string of the molecule is CC(NS(=O)(=O)c1cc(CN)cs1)c1nn[nH]n1. The number of rotatable bonds is 5. The Morgan fingerprint density at radius 3 is 2.94 bits per heavy atom. The van der Waals surface area contributed by atoms with Gasteiger partial charge in [0.1, 0.15) is 4.21 Å². The second-order valence-corrected chi connectivity index (χ2v) is 6.44. The highest BCUT2D eigenvalue weighted by Crippen LogP contribution is 2.21. The molecule has 0 aromatic carbocycles. The zero-order valence-corrected chi connectivity index (χ0v) is 11.1. The van der Waals surface area contributed by atoms with Gasteiger partial charge in [-0.25, -0.2) is 8.42 Å². The number of sulfonamides is 1. The fourth-order valence-electron chi connectivity index (χ4n) is 1.30. The van der Waals surface area contributed by atoms with Crippen LogP contribution in [0.15, 0.2) is 15.7 Å². The molecule has 2 rings (SSSR count). The molecular weight excluding hydrogens is 276 g/mol. The lowest BCUT2D eigenvalue weighted by Crippen LogP contribution is -2.27. The summed E-state index contributed by atoms with van der Waals surface area (Å²) >= 11 is 1.13. The maximum absolute atomic E-state index is 12.0. The van der Waals surface area contributed by atoms with E-state index >= 15 is 0 Å². The second-order valence-electron chi connectivity index (χ2n) is 3.59. The fourth-order valence-corrected chi connectivity index (χ4v) is 3.74. The van der Waals surface area contributed by atoms with Gasteiger partial charge in [-0.2, -0.15) is 9.94 Å². The number of aromatic nitrogens is 4. The molecule has 10 heteroatoms. The van der Waals surface area contributed by atoms with Gasteiger partial charge in [0, 0.05) is 6.54 Å². The van der Waals surface area contributed by atoms with Crippen molar-refractivity contribution in [2.24, 2.45) is 5.73 Å². The maximum Gasteiger partial charge on any atom is 0.250 e. The predicted molar refractivity (Wildman–Crippen MR) is 65.1 cm³/mol. The van der Waals surface area contributed by atoms with Crippen LogP contribution in [-0.2, 0) is 16.6 Å². The van der Waals surface area contributed by atoms with Crippen molar-refractivity contribution in [2.45, 2.75) is 23.7 Å². The van der Waals surface area contributed by atoms with Gasteiger partial charge in [-0.1, -0.05) is 5.21 Å². The predicted octanol–water partition coefficient (Wildman–Crippen LogP) is -0.241. The molecule has 2 aromatic rings. The molecule has 0 spiro atoms. The van der Waals surface area contributed by atoms with E-state index < -0.39 is 16.1 Å². The lowest BCUT2D eigenvalue weighted by Gasteiger charge is -2.08. The van der Waals surface area contributed by atoms with Crippen molar-refractivity contribution in [1.82, 2.24) is 25.3 Å². The highest BCUT2D eigenvalue weighted by atomic mass is 32.2. The van der Waals surface area contributed by atoms with Crippen molar-refractivity contribution in [3.8, 4) is 0 Å². The molecule has 8 nitrogen and oxygen atoms in total. The number of nitrogens with zero attached hydrogens (tertiary/aromatic N) is 3. The molecule has 1 atom stereocenters. The van der Waals surface area contributed by atoms with Gasteiger partial charge in [-0.3, -0.25) is 0 Å². The summed E-state index contributed by atoms with van der Waals surface area (Å²) < 4.78 is 26.8. The summed E-state index contributed by atoms with van der Waals surface area (Å²) in [6, 6.07) is 0.993. The molecular formula is C8H12N6O2S2. The van der Waals surface area contributed by atoms with Crippen LogP contribution < -0.4 is 10.5 Å². The smallest absolute Gasteiger partial charge is 0.250 e. The van der Waals surface area contributed by atoms with Gasteiger partial charge in [-0.15, -0.1) is 21.5 Å². The summed E-state index contributed by atoms with van der Waals surface area (Å²) in [5, 5.41) is 14.8. The van der Waals surface area contributed by atoms with Crippen LogP contribution in [0.3, 0.4) is 0 Å². The molecule has 0 radical (unpaired) electrons. The largest absolute Gasteiger partial charge is 0.326 e. The van der Waals surface area contributed by atoms with Gasteiger partial charge in [0.05, 0.1) is 6.04 Å².